The third kappa shape index (κ3) is 4.41. The molecule has 2 rings (SSSR count). The third-order valence-corrected chi connectivity index (χ3v) is 3.97. The van der Waals surface area contributed by atoms with E-state index >= 15 is 0 Å². The predicted molar refractivity (Wildman–Crippen MR) is 87.3 cm³/mol. The summed E-state index contributed by atoms with van der Waals surface area (Å²) in [6.07, 6.45) is 0.775. The lowest BCUT2D eigenvalue weighted by molar-refractivity contribution is 0.0723. The van der Waals surface area contributed by atoms with Crippen molar-refractivity contribution in [1.82, 2.24) is 4.90 Å². The van der Waals surface area contributed by atoms with E-state index < -0.39 is 0 Å². The zero-order chi connectivity index (χ0) is 15.1. The van der Waals surface area contributed by atoms with Crippen LogP contribution in [0.1, 0.15) is 15.9 Å². The van der Waals surface area contributed by atoms with Crippen LogP contribution in [0.15, 0.2) is 59.1 Å². The summed E-state index contributed by atoms with van der Waals surface area (Å²) in [6.45, 7) is 0.892. The Morgan fingerprint density at radius 3 is 2.33 bits per heavy atom. The first-order valence-electron chi connectivity index (χ1n) is 6.91. The Morgan fingerprint density at radius 2 is 1.67 bits per heavy atom. The summed E-state index contributed by atoms with van der Waals surface area (Å²) in [4.78, 5) is 14.2. The summed E-state index contributed by atoms with van der Waals surface area (Å²) in [5.74, 6) is -0.0625. The monoisotopic (exact) mass is 347 g/mol. The Kier molecular flexibility index (Phi) is 5.96. The summed E-state index contributed by atoms with van der Waals surface area (Å²) < 4.78 is 0.776. The van der Waals surface area contributed by atoms with Gasteiger partial charge in [-0.2, -0.15) is 0 Å². The fourth-order valence-corrected chi connectivity index (χ4v) is 2.60. The van der Waals surface area contributed by atoms with E-state index in [1.807, 2.05) is 48.5 Å². The van der Waals surface area contributed by atoms with Crippen molar-refractivity contribution in [3.05, 3.63) is 70.2 Å². The molecule has 3 nitrogen and oxygen atoms in total. The Hall–Kier alpha value is -1.65. The highest BCUT2D eigenvalue weighted by molar-refractivity contribution is 9.10. The molecule has 0 bridgehead atoms. The Balaban J connectivity index is 2.08. The van der Waals surface area contributed by atoms with E-state index in [9.17, 15) is 9.90 Å². The normalized spacial score (nSPS) is 10.4. The molecule has 4 heteroatoms. The van der Waals surface area contributed by atoms with Crippen LogP contribution in [-0.4, -0.2) is 35.6 Å². The van der Waals surface area contributed by atoms with Crippen molar-refractivity contribution in [1.29, 1.82) is 0 Å². The van der Waals surface area contributed by atoms with Gasteiger partial charge in [0.05, 0.1) is 12.2 Å². The maximum atomic E-state index is 12.6. The van der Waals surface area contributed by atoms with Gasteiger partial charge in [0, 0.05) is 17.6 Å². The molecule has 110 valence electrons. The molecule has 0 atom stereocenters. The van der Waals surface area contributed by atoms with Crippen LogP contribution in [0.5, 0.6) is 0 Å². The number of carbonyl (C=O) groups is 1. The molecule has 0 radical (unpaired) electrons. The van der Waals surface area contributed by atoms with Crippen LogP contribution in [0.3, 0.4) is 0 Å². The van der Waals surface area contributed by atoms with E-state index in [2.05, 4.69) is 15.9 Å². The quantitative estimate of drug-likeness (QED) is 0.871. The van der Waals surface area contributed by atoms with Crippen LogP contribution in [0, 0.1) is 0 Å². The van der Waals surface area contributed by atoms with Crippen LogP contribution < -0.4 is 0 Å². The topological polar surface area (TPSA) is 40.5 Å². The Bertz CT molecular complexity index is 586. The molecule has 1 amide bonds. The van der Waals surface area contributed by atoms with Crippen molar-refractivity contribution in [3.8, 4) is 0 Å². The standard InChI is InChI=1S/C17H18BrNO2/c18-16-9-5-4-8-15(16)17(21)19(12-13-20)11-10-14-6-2-1-3-7-14/h1-9,20H,10-13H2. The second kappa shape index (κ2) is 7.96. The van der Waals surface area contributed by atoms with Gasteiger partial charge >= 0.3 is 0 Å². The van der Waals surface area contributed by atoms with Gasteiger partial charge in [0.25, 0.3) is 5.91 Å². The number of rotatable bonds is 6. The average molecular weight is 348 g/mol. The number of nitrogens with zero attached hydrogens (tertiary/aromatic N) is 1. The number of carbonyl (C=O) groups excluding carboxylic acids is 1. The van der Waals surface area contributed by atoms with Crippen LogP contribution in [-0.2, 0) is 6.42 Å². The number of hydrogen-bond acceptors (Lipinski definition) is 2. The molecule has 2 aromatic rings. The van der Waals surface area contributed by atoms with Crippen molar-refractivity contribution < 1.29 is 9.90 Å². The number of benzene rings is 2. The Morgan fingerprint density at radius 1 is 1.00 bits per heavy atom. The van der Waals surface area contributed by atoms with Crippen molar-refractivity contribution in [3.63, 3.8) is 0 Å². The molecular weight excluding hydrogens is 330 g/mol. The first-order valence-corrected chi connectivity index (χ1v) is 7.70. The third-order valence-electron chi connectivity index (χ3n) is 3.27. The minimum atomic E-state index is -0.0625. The molecule has 0 saturated heterocycles. The van der Waals surface area contributed by atoms with E-state index in [0.717, 1.165) is 10.9 Å². The van der Waals surface area contributed by atoms with E-state index in [1.165, 1.54) is 5.56 Å². The molecule has 1 N–H and O–H groups in total. The lowest BCUT2D eigenvalue weighted by Crippen LogP contribution is -2.35. The van der Waals surface area contributed by atoms with E-state index in [1.54, 1.807) is 11.0 Å². The minimum Gasteiger partial charge on any atom is -0.395 e. The number of aliphatic hydroxyl groups is 1. The van der Waals surface area contributed by atoms with Gasteiger partial charge in [-0.25, -0.2) is 0 Å². The molecule has 0 aliphatic rings. The summed E-state index contributed by atoms with van der Waals surface area (Å²) in [5.41, 5.74) is 1.80. The van der Waals surface area contributed by atoms with Crippen molar-refractivity contribution in [2.45, 2.75) is 6.42 Å². The maximum Gasteiger partial charge on any atom is 0.255 e. The highest BCUT2D eigenvalue weighted by Gasteiger charge is 2.17. The summed E-state index contributed by atoms with van der Waals surface area (Å²) in [6, 6.07) is 17.4. The van der Waals surface area contributed by atoms with Crippen LogP contribution in [0.4, 0.5) is 0 Å². The van der Waals surface area contributed by atoms with Gasteiger partial charge in [-0.05, 0) is 40.0 Å². The molecule has 0 aromatic heterocycles. The number of aliphatic hydroxyl groups excluding tert-OH is 1. The lowest BCUT2D eigenvalue weighted by atomic mass is 10.1. The minimum absolute atomic E-state index is 0.0367. The summed E-state index contributed by atoms with van der Waals surface area (Å²) in [7, 11) is 0. The molecule has 0 unspecified atom stereocenters. The van der Waals surface area contributed by atoms with Crippen molar-refractivity contribution >= 4 is 21.8 Å². The summed E-state index contributed by atoms with van der Waals surface area (Å²) >= 11 is 3.40. The molecule has 0 aliphatic heterocycles. The Labute approximate surface area is 133 Å². The van der Waals surface area contributed by atoms with Crippen molar-refractivity contribution in [2.24, 2.45) is 0 Å². The molecular formula is C17H18BrNO2. The molecule has 0 spiro atoms. The summed E-state index contributed by atoms with van der Waals surface area (Å²) in [5, 5.41) is 9.19. The molecule has 2 aromatic carbocycles. The molecule has 0 saturated carbocycles. The van der Waals surface area contributed by atoms with E-state index in [4.69, 9.17) is 0 Å². The number of amides is 1. The first kappa shape index (κ1) is 15.7. The van der Waals surface area contributed by atoms with Crippen LogP contribution in [0.25, 0.3) is 0 Å². The van der Waals surface area contributed by atoms with Gasteiger partial charge in [0.15, 0.2) is 0 Å². The van der Waals surface area contributed by atoms with Gasteiger partial charge in [0.1, 0.15) is 0 Å². The van der Waals surface area contributed by atoms with Gasteiger partial charge in [0.2, 0.25) is 0 Å². The predicted octanol–water partition coefficient (Wildman–Crippen LogP) is 3.13. The van der Waals surface area contributed by atoms with E-state index in [0.29, 0.717) is 18.7 Å². The smallest absolute Gasteiger partial charge is 0.255 e. The van der Waals surface area contributed by atoms with E-state index in [-0.39, 0.29) is 12.5 Å². The van der Waals surface area contributed by atoms with Gasteiger partial charge in [-0.1, -0.05) is 42.5 Å². The maximum absolute atomic E-state index is 12.6. The number of halogens is 1. The SMILES string of the molecule is O=C(c1ccccc1Br)N(CCO)CCc1ccccc1. The average Bonchev–Trinajstić information content (AvgIpc) is 2.52. The van der Waals surface area contributed by atoms with Crippen LogP contribution in [0.2, 0.25) is 0 Å². The van der Waals surface area contributed by atoms with Gasteiger partial charge in [-0.15, -0.1) is 0 Å². The van der Waals surface area contributed by atoms with Crippen LogP contribution >= 0.6 is 15.9 Å². The lowest BCUT2D eigenvalue weighted by Gasteiger charge is -2.22. The molecule has 0 heterocycles. The van der Waals surface area contributed by atoms with Gasteiger partial charge < -0.3 is 10.0 Å². The zero-order valence-corrected chi connectivity index (χ0v) is 13.3. The highest BCUT2D eigenvalue weighted by Crippen LogP contribution is 2.18. The van der Waals surface area contributed by atoms with Crippen molar-refractivity contribution in [2.75, 3.05) is 19.7 Å². The first-order chi connectivity index (χ1) is 10.2. The molecule has 0 fully saturated rings. The second-order valence-corrected chi connectivity index (χ2v) is 5.59. The highest BCUT2D eigenvalue weighted by atomic mass is 79.9. The fourth-order valence-electron chi connectivity index (χ4n) is 2.15. The molecule has 0 aliphatic carbocycles. The number of hydrogen-bond donors (Lipinski definition) is 1. The fraction of sp³-hybridized carbons (Fsp3) is 0.235. The molecule has 21 heavy (non-hydrogen) atoms. The zero-order valence-electron chi connectivity index (χ0n) is 11.7. The second-order valence-electron chi connectivity index (χ2n) is 4.73. The van der Waals surface area contributed by atoms with Gasteiger partial charge in [-0.3, -0.25) is 4.79 Å². The largest absolute Gasteiger partial charge is 0.395 e.